The molecule has 0 radical (unpaired) electrons. The zero-order chi connectivity index (χ0) is 22.8. The van der Waals surface area contributed by atoms with E-state index in [-0.39, 0.29) is 18.1 Å². The van der Waals surface area contributed by atoms with Gasteiger partial charge in [-0.2, -0.15) is 0 Å². The third-order valence-corrected chi connectivity index (χ3v) is 6.26. The van der Waals surface area contributed by atoms with Crippen LogP contribution in [0.5, 0.6) is 17.4 Å². The zero-order valence-electron chi connectivity index (χ0n) is 18.8. The Morgan fingerprint density at radius 1 is 0.970 bits per heavy atom. The number of hydrogen-bond donors (Lipinski definition) is 0. The number of carbonyl (C=O) groups excluding carboxylic acids is 1. The largest absolute Gasteiger partial charge is 0.497 e. The first-order chi connectivity index (χ1) is 16.1. The molecule has 1 aromatic heterocycles. The number of likely N-dealkylation sites (tertiary alicyclic amines) is 1. The molecule has 1 saturated heterocycles. The van der Waals surface area contributed by atoms with Gasteiger partial charge < -0.3 is 19.1 Å². The Morgan fingerprint density at radius 3 is 2.48 bits per heavy atom. The Labute approximate surface area is 193 Å². The standard InChI is InChI=1S/C26H27N3O4/c1-31-20-10-7-18(8-11-20)16-29-22-5-3-4-6-24(22)33-21-13-23(26(29)30)28(17-21)15-19-9-12-25(32-2)27-14-19/h3-12,14,21,23H,13,15-17H2,1-2H3. The van der Waals surface area contributed by atoms with Gasteiger partial charge in [0.1, 0.15) is 17.6 Å². The van der Waals surface area contributed by atoms with E-state index >= 15 is 0 Å². The van der Waals surface area contributed by atoms with Crippen molar-refractivity contribution in [2.24, 2.45) is 0 Å². The molecule has 170 valence electrons. The van der Waals surface area contributed by atoms with Gasteiger partial charge in [-0.1, -0.05) is 30.3 Å². The molecular formula is C26H27N3O4. The van der Waals surface area contributed by atoms with E-state index in [1.54, 1.807) is 20.4 Å². The number of carbonyl (C=O) groups is 1. The predicted octanol–water partition coefficient (Wildman–Crippen LogP) is 3.67. The summed E-state index contributed by atoms with van der Waals surface area (Å²) in [6, 6.07) is 19.2. The maximum Gasteiger partial charge on any atom is 0.244 e. The molecule has 0 spiro atoms. The van der Waals surface area contributed by atoms with Crippen LogP contribution in [0.3, 0.4) is 0 Å². The van der Waals surface area contributed by atoms with Crippen molar-refractivity contribution in [3.63, 3.8) is 0 Å². The summed E-state index contributed by atoms with van der Waals surface area (Å²) >= 11 is 0. The predicted molar refractivity (Wildman–Crippen MR) is 125 cm³/mol. The molecule has 1 fully saturated rings. The minimum absolute atomic E-state index is 0.0329. The van der Waals surface area contributed by atoms with E-state index in [9.17, 15) is 4.79 Å². The lowest BCUT2D eigenvalue weighted by atomic mass is 10.1. The van der Waals surface area contributed by atoms with Gasteiger partial charge in [-0.3, -0.25) is 9.69 Å². The van der Waals surface area contributed by atoms with E-state index in [1.165, 1.54) is 0 Å². The summed E-state index contributed by atoms with van der Waals surface area (Å²) in [6.45, 7) is 1.77. The molecule has 2 aliphatic heterocycles. The SMILES string of the molecule is COc1ccc(CN2C(=O)C3CC(CN3Cc3ccc(OC)nc3)Oc3ccccc32)cc1. The summed E-state index contributed by atoms with van der Waals surface area (Å²) in [6.07, 6.45) is 2.43. The van der Waals surface area contributed by atoms with Crippen molar-refractivity contribution >= 4 is 11.6 Å². The van der Waals surface area contributed by atoms with Crippen molar-refractivity contribution < 1.29 is 19.0 Å². The van der Waals surface area contributed by atoms with E-state index in [1.807, 2.05) is 65.6 Å². The molecule has 2 unspecified atom stereocenters. The van der Waals surface area contributed by atoms with E-state index in [2.05, 4.69) is 9.88 Å². The Morgan fingerprint density at radius 2 is 1.76 bits per heavy atom. The van der Waals surface area contributed by atoms with Crippen molar-refractivity contribution in [2.75, 3.05) is 25.7 Å². The molecule has 2 aromatic carbocycles. The van der Waals surface area contributed by atoms with E-state index < -0.39 is 0 Å². The number of nitrogens with zero attached hydrogens (tertiary/aromatic N) is 3. The third kappa shape index (κ3) is 4.36. The fourth-order valence-electron chi connectivity index (χ4n) is 4.57. The van der Waals surface area contributed by atoms with Crippen molar-refractivity contribution in [2.45, 2.75) is 31.7 Å². The lowest BCUT2D eigenvalue weighted by Crippen LogP contribution is -2.45. The molecule has 7 nitrogen and oxygen atoms in total. The third-order valence-electron chi connectivity index (χ3n) is 6.26. The number of amides is 1. The smallest absolute Gasteiger partial charge is 0.244 e. The number of pyridine rings is 1. The Balaban J connectivity index is 1.44. The number of fused-ring (bicyclic) bond motifs is 3. The highest BCUT2D eigenvalue weighted by Gasteiger charge is 2.42. The van der Waals surface area contributed by atoms with E-state index in [0.717, 1.165) is 28.3 Å². The molecule has 1 amide bonds. The average Bonchev–Trinajstić information content (AvgIpc) is 3.26. The molecular weight excluding hydrogens is 418 g/mol. The van der Waals surface area contributed by atoms with Gasteiger partial charge in [0.05, 0.1) is 32.5 Å². The molecule has 2 bridgehead atoms. The van der Waals surface area contributed by atoms with Crippen LogP contribution in [0.1, 0.15) is 17.5 Å². The van der Waals surface area contributed by atoms with Crippen LogP contribution < -0.4 is 19.1 Å². The van der Waals surface area contributed by atoms with Crippen molar-refractivity contribution in [3.8, 4) is 17.4 Å². The maximum absolute atomic E-state index is 13.9. The second-order valence-electron chi connectivity index (χ2n) is 8.37. The number of rotatable bonds is 6. The van der Waals surface area contributed by atoms with Crippen LogP contribution in [0.15, 0.2) is 66.9 Å². The first-order valence-corrected chi connectivity index (χ1v) is 11.1. The molecule has 5 rings (SSSR count). The van der Waals surface area contributed by atoms with Gasteiger partial charge in [-0.25, -0.2) is 4.98 Å². The number of benzene rings is 2. The monoisotopic (exact) mass is 445 g/mol. The molecule has 3 aromatic rings. The van der Waals surface area contributed by atoms with Gasteiger partial charge in [-0.15, -0.1) is 0 Å². The normalized spacial score (nSPS) is 19.9. The van der Waals surface area contributed by atoms with Gasteiger partial charge in [0.25, 0.3) is 0 Å². The van der Waals surface area contributed by atoms with Crippen LogP contribution in [0.25, 0.3) is 0 Å². The second kappa shape index (κ2) is 9.11. The van der Waals surface area contributed by atoms with E-state index in [4.69, 9.17) is 14.2 Å². The van der Waals surface area contributed by atoms with Gasteiger partial charge in [0, 0.05) is 31.8 Å². The van der Waals surface area contributed by atoms with Crippen molar-refractivity contribution in [1.82, 2.24) is 9.88 Å². The lowest BCUT2D eigenvalue weighted by molar-refractivity contribution is -0.123. The van der Waals surface area contributed by atoms with Crippen molar-refractivity contribution in [1.29, 1.82) is 0 Å². The highest BCUT2D eigenvalue weighted by Crippen LogP contribution is 2.37. The summed E-state index contributed by atoms with van der Waals surface area (Å²) in [5.41, 5.74) is 2.87. The van der Waals surface area contributed by atoms with Gasteiger partial charge in [0.2, 0.25) is 11.8 Å². The van der Waals surface area contributed by atoms with Gasteiger partial charge in [0.15, 0.2) is 0 Å². The Hall–Kier alpha value is -3.58. The molecule has 3 heterocycles. The van der Waals surface area contributed by atoms with E-state index in [0.29, 0.717) is 31.9 Å². The highest BCUT2D eigenvalue weighted by molar-refractivity contribution is 5.99. The summed E-state index contributed by atoms with van der Waals surface area (Å²) in [7, 11) is 3.25. The Bertz CT molecular complexity index is 1120. The molecule has 33 heavy (non-hydrogen) atoms. The lowest BCUT2D eigenvalue weighted by Gasteiger charge is -2.32. The summed E-state index contributed by atoms with van der Waals surface area (Å²) in [4.78, 5) is 22.3. The summed E-state index contributed by atoms with van der Waals surface area (Å²) < 4.78 is 16.8. The fraction of sp³-hybridized carbons (Fsp3) is 0.308. The molecule has 0 aliphatic carbocycles. The number of anilines is 1. The minimum atomic E-state index is -0.260. The average molecular weight is 446 g/mol. The van der Waals surface area contributed by atoms with Crippen molar-refractivity contribution in [3.05, 3.63) is 78.0 Å². The topological polar surface area (TPSA) is 64.1 Å². The maximum atomic E-state index is 13.9. The highest BCUT2D eigenvalue weighted by atomic mass is 16.5. The molecule has 2 aliphatic rings. The quantitative estimate of drug-likeness (QED) is 0.577. The fourth-order valence-corrected chi connectivity index (χ4v) is 4.57. The van der Waals surface area contributed by atoms with Crippen LogP contribution in [0.4, 0.5) is 5.69 Å². The number of para-hydroxylation sites is 2. The second-order valence-corrected chi connectivity index (χ2v) is 8.37. The van der Waals surface area contributed by atoms with Crippen LogP contribution in [-0.4, -0.2) is 48.7 Å². The Kier molecular flexibility index (Phi) is 5.88. The van der Waals surface area contributed by atoms with Crippen LogP contribution in [-0.2, 0) is 17.9 Å². The molecule has 2 atom stereocenters. The first-order valence-electron chi connectivity index (χ1n) is 11.1. The summed E-state index contributed by atoms with van der Waals surface area (Å²) in [5, 5.41) is 0. The first kappa shape index (κ1) is 21.3. The number of hydrogen-bond acceptors (Lipinski definition) is 6. The number of aromatic nitrogens is 1. The van der Waals surface area contributed by atoms with Gasteiger partial charge in [-0.05, 0) is 35.4 Å². The zero-order valence-corrected chi connectivity index (χ0v) is 18.8. The molecule has 0 N–H and O–H groups in total. The molecule has 7 heteroatoms. The number of ether oxygens (including phenoxy) is 3. The van der Waals surface area contributed by atoms with Crippen LogP contribution in [0.2, 0.25) is 0 Å². The van der Waals surface area contributed by atoms with Gasteiger partial charge >= 0.3 is 0 Å². The van der Waals surface area contributed by atoms with Crippen LogP contribution in [0, 0.1) is 0 Å². The summed E-state index contributed by atoms with van der Waals surface area (Å²) in [5.74, 6) is 2.20. The number of methoxy groups -OCH3 is 2. The minimum Gasteiger partial charge on any atom is -0.497 e. The molecule has 0 saturated carbocycles. The van der Waals surface area contributed by atoms with Crippen LogP contribution >= 0.6 is 0 Å².